The summed E-state index contributed by atoms with van der Waals surface area (Å²) in [5.74, 6) is -2.27. The average Bonchev–Trinajstić information content (AvgIpc) is 2.10. The maximum absolute atomic E-state index is 12.9. The van der Waals surface area contributed by atoms with Crippen LogP contribution in [0.1, 0.15) is 0 Å². The smallest absolute Gasteiger partial charge is 0.328 e. The first kappa shape index (κ1) is 10.7. The Morgan fingerprint density at radius 1 is 1.43 bits per heavy atom. The third kappa shape index (κ3) is 3.18. The van der Waals surface area contributed by atoms with E-state index in [1.807, 2.05) is 0 Å². The Hall–Kier alpha value is -1.36. The molecular formula is C9H6F2O2S. The number of benzene rings is 1. The molecule has 74 valence electrons. The van der Waals surface area contributed by atoms with Crippen LogP contribution in [-0.2, 0) is 4.79 Å². The first-order valence-electron chi connectivity index (χ1n) is 3.61. The zero-order valence-corrected chi connectivity index (χ0v) is 7.72. The van der Waals surface area contributed by atoms with Crippen LogP contribution >= 0.6 is 11.8 Å². The van der Waals surface area contributed by atoms with Crippen molar-refractivity contribution in [2.24, 2.45) is 0 Å². The summed E-state index contributed by atoms with van der Waals surface area (Å²) in [6.45, 7) is 0. The van der Waals surface area contributed by atoms with E-state index in [2.05, 4.69) is 0 Å². The van der Waals surface area contributed by atoms with Crippen molar-refractivity contribution < 1.29 is 18.7 Å². The number of hydrogen-bond acceptors (Lipinski definition) is 2. The number of halogens is 2. The van der Waals surface area contributed by atoms with Gasteiger partial charge in [-0.3, -0.25) is 0 Å². The van der Waals surface area contributed by atoms with Gasteiger partial charge in [-0.1, -0.05) is 11.8 Å². The van der Waals surface area contributed by atoms with Gasteiger partial charge in [0, 0.05) is 6.08 Å². The molecule has 5 heteroatoms. The largest absolute Gasteiger partial charge is 0.478 e. The van der Waals surface area contributed by atoms with Gasteiger partial charge in [-0.05, 0) is 23.6 Å². The molecule has 0 heterocycles. The van der Waals surface area contributed by atoms with Crippen molar-refractivity contribution in [3.8, 4) is 0 Å². The molecular weight excluding hydrogens is 210 g/mol. The number of hydrogen-bond donors (Lipinski definition) is 1. The molecule has 0 aliphatic carbocycles. The monoisotopic (exact) mass is 216 g/mol. The SMILES string of the molecule is O=C(O)C=CSc1cc(F)ccc1F. The zero-order chi connectivity index (χ0) is 10.6. The van der Waals surface area contributed by atoms with Gasteiger partial charge in [0.15, 0.2) is 0 Å². The molecule has 0 saturated heterocycles. The molecule has 2 nitrogen and oxygen atoms in total. The number of thioether (sulfide) groups is 1. The fourth-order valence-electron chi connectivity index (χ4n) is 0.733. The van der Waals surface area contributed by atoms with E-state index in [0.717, 1.165) is 36.0 Å². The molecule has 14 heavy (non-hydrogen) atoms. The second-order valence-electron chi connectivity index (χ2n) is 2.33. The topological polar surface area (TPSA) is 37.3 Å². The lowest BCUT2D eigenvalue weighted by Gasteiger charge is -1.97. The molecule has 0 spiro atoms. The van der Waals surface area contributed by atoms with Crippen LogP contribution in [-0.4, -0.2) is 11.1 Å². The number of carboxylic acids is 1. The molecule has 0 unspecified atom stereocenters. The van der Waals surface area contributed by atoms with Crippen molar-refractivity contribution >= 4 is 17.7 Å². The summed E-state index contributed by atoms with van der Waals surface area (Å²) in [5.41, 5.74) is 0. The molecule has 0 bridgehead atoms. The highest BCUT2D eigenvalue weighted by Gasteiger charge is 2.02. The van der Waals surface area contributed by atoms with Crippen molar-refractivity contribution in [3.63, 3.8) is 0 Å². The second kappa shape index (κ2) is 4.76. The maximum atomic E-state index is 12.9. The van der Waals surface area contributed by atoms with Gasteiger partial charge in [0.1, 0.15) is 11.6 Å². The van der Waals surface area contributed by atoms with E-state index in [0.29, 0.717) is 0 Å². The van der Waals surface area contributed by atoms with Crippen LogP contribution in [0.4, 0.5) is 8.78 Å². The molecule has 0 aliphatic heterocycles. The summed E-state index contributed by atoms with van der Waals surface area (Å²) in [5, 5.41) is 9.43. The standard InChI is InChI=1S/C9H6F2O2S/c10-6-1-2-7(11)8(5-6)14-4-3-9(12)13/h1-5H,(H,12,13). The van der Waals surface area contributed by atoms with Gasteiger partial charge in [-0.15, -0.1) is 0 Å². The molecule has 0 fully saturated rings. The van der Waals surface area contributed by atoms with Crippen molar-refractivity contribution in [2.75, 3.05) is 0 Å². The Kier molecular flexibility index (Phi) is 3.64. The third-order valence-corrected chi connectivity index (χ3v) is 2.14. The van der Waals surface area contributed by atoms with Gasteiger partial charge in [-0.2, -0.15) is 0 Å². The van der Waals surface area contributed by atoms with Crippen LogP contribution in [0.2, 0.25) is 0 Å². The van der Waals surface area contributed by atoms with Crippen LogP contribution < -0.4 is 0 Å². The average molecular weight is 216 g/mol. The third-order valence-electron chi connectivity index (χ3n) is 1.30. The molecule has 0 aromatic heterocycles. The van der Waals surface area contributed by atoms with Gasteiger partial charge in [0.25, 0.3) is 0 Å². The van der Waals surface area contributed by atoms with Crippen molar-refractivity contribution in [1.82, 2.24) is 0 Å². The van der Waals surface area contributed by atoms with Gasteiger partial charge < -0.3 is 5.11 Å². The highest BCUT2D eigenvalue weighted by atomic mass is 32.2. The Morgan fingerprint density at radius 2 is 2.14 bits per heavy atom. The van der Waals surface area contributed by atoms with Crippen LogP contribution in [0.25, 0.3) is 0 Å². The van der Waals surface area contributed by atoms with Gasteiger partial charge in [-0.25, -0.2) is 13.6 Å². The lowest BCUT2D eigenvalue weighted by atomic mass is 10.3. The van der Waals surface area contributed by atoms with E-state index >= 15 is 0 Å². The molecule has 0 atom stereocenters. The first-order chi connectivity index (χ1) is 6.59. The summed E-state index contributed by atoms with van der Waals surface area (Å²) in [6.07, 6.45) is 0.856. The minimum atomic E-state index is -1.13. The van der Waals surface area contributed by atoms with Crippen molar-refractivity contribution in [1.29, 1.82) is 0 Å². The normalized spacial score (nSPS) is 10.7. The van der Waals surface area contributed by atoms with Gasteiger partial charge >= 0.3 is 5.97 Å². The van der Waals surface area contributed by atoms with E-state index in [1.54, 1.807) is 0 Å². The van der Waals surface area contributed by atoms with Crippen LogP contribution in [0.3, 0.4) is 0 Å². The molecule has 0 radical (unpaired) electrons. The molecule has 0 amide bonds. The van der Waals surface area contributed by atoms with E-state index in [9.17, 15) is 13.6 Å². The molecule has 0 saturated carbocycles. The lowest BCUT2D eigenvalue weighted by Crippen LogP contribution is -1.85. The quantitative estimate of drug-likeness (QED) is 0.623. The van der Waals surface area contributed by atoms with Gasteiger partial charge in [0.2, 0.25) is 0 Å². The fraction of sp³-hybridized carbons (Fsp3) is 0. The Labute approximate surface area is 83.2 Å². The summed E-state index contributed by atoms with van der Waals surface area (Å²) >= 11 is 0.813. The fourth-order valence-corrected chi connectivity index (χ4v) is 1.43. The summed E-state index contributed by atoms with van der Waals surface area (Å²) in [4.78, 5) is 10.1. The van der Waals surface area contributed by atoms with E-state index in [4.69, 9.17) is 5.11 Å². The molecule has 1 N–H and O–H groups in total. The van der Waals surface area contributed by atoms with E-state index < -0.39 is 17.6 Å². The Balaban J connectivity index is 2.76. The molecule has 1 aromatic carbocycles. The lowest BCUT2D eigenvalue weighted by molar-refractivity contribution is -0.131. The Morgan fingerprint density at radius 3 is 2.79 bits per heavy atom. The highest BCUT2D eigenvalue weighted by molar-refractivity contribution is 8.02. The molecule has 1 rings (SSSR count). The summed E-state index contributed by atoms with van der Waals surface area (Å²) in [6, 6.07) is 3.00. The number of carboxylic acid groups (broad SMARTS) is 1. The predicted octanol–water partition coefficient (Wildman–Crippen LogP) is 2.66. The summed E-state index contributed by atoms with van der Waals surface area (Å²) < 4.78 is 25.5. The minimum absolute atomic E-state index is 0.0579. The maximum Gasteiger partial charge on any atom is 0.328 e. The van der Waals surface area contributed by atoms with Crippen LogP contribution in [0.15, 0.2) is 34.6 Å². The van der Waals surface area contributed by atoms with Gasteiger partial charge in [0.05, 0.1) is 4.90 Å². The number of rotatable bonds is 3. The van der Waals surface area contributed by atoms with Crippen molar-refractivity contribution in [2.45, 2.75) is 4.90 Å². The van der Waals surface area contributed by atoms with Crippen LogP contribution in [0.5, 0.6) is 0 Å². The second-order valence-corrected chi connectivity index (χ2v) is 3.28. The Bertz CT molecular complexity index is 377. The zero-order valence-electron chi connectivity index (χ0n) is 6.91. The van der Waals surface area contributed by atoms with E-state index in [-0.39, 0.29) is 4.90 Å². The predicted molar refractivity (Wildman–Crippen MR) is 49.0 cm³/mol. The summed E-state index contributed by atoms with van der Waals surface area (Å²) in [7, 11) is 0. The van der Waals surface area contributed by atoms with E-state index in [1.165, 1.54) is 5.41 Å². The number of carbonyl (C=O) groups is 1. The number of aliphatic carboxylic acids is 1. The highest BCUT2D eigenvalue weighted by Crippen LogP contribution is 2.23. The van der Waals surface area contributed by atoms with Crippen molar-refractivity contribution in [3.05, 3.63) is 41.3 Å². The molecule has 0 aliphatic rings. The van der Waals surface area contributed by atoms with Crippen LogP contribution in [0, 0.1) is 11.6 Å². The minimum Gasteiger partial charge on any atom is -0.478 e. The molecule has 1 aromatic rings. The first-order valence-corrected chi connectivity index (χ1v) is 4.49.